The molecule has 0 radical (unpaired) electrons. The lowest BCUT2D eigenvalue weighted by Gasteiger charge is -2.14. The van der Waals surface area contributed by atoms with Crippen molar-refractivity contribution in [2.24, 2.45) is 0 Å². The molecule has 0 amide bonds. The van der Waals surface area contributed by atoms with Crippen LogP contribution in [0.2, 0.25) is 5.02 Å². The van der Waals surface area contributed by atoms with Crippen molar-refractivity contribution < 1.29 is 4.74 Å². The van der Waals surface area contributed by atoms with Crippen LogP contribution in [0, 0.1) is 6.92 Å². The molecule has 6 heteroatoms. The largest absolute Gasteiger partial charge is 0.486 e. The first-order chi connectivity index (χ1) is 9.51. The molecule has 0 atom stereocenters. The molecule has 2 aromatic rings. The lowest BCUT2D eigenvalue weighted by molar-refractivity contribution is 0.302. The molecule has 0 saturated carbocycles. The molecule has 0 aliphatic carbocycles. The van der Waals surface area contributed by atoms with Gasteiger partial charge in [-0.05, 0) is 36.1 Å². The van der Waals surface area contributed by atoms with Crippen molar-refractivity contribution >= 4 is 28.1 Å². The zero-order chi connectivity index (χ0) is 14.7. The van der Waals surface area contributed by atoms with E-state index in [0.29, 0.717) is 12.5 Å². The lowest BCUT2D eigenvalue weighted by Crippen LogP contribution is -1.99. The number of anilines is 1. The topological polar surface area (TPSA) is 47.0 Å². The Bertz CT molecular complexity index is 598. The monoisotopic (exact) mass is 311 g/mol. The number of benzene rings is 1. The van der Waals surface area contributed by atoms with Gasteiger partial charge in [-0.3, -0.25) is 0 Å². The van der Waals surface area contributed by atoms with Gasteiger partial charge in [0.1, 0.15) is 12.4 Å². The van der Waals surface area contributed by atoms with Crippen molar-refractivity contribution in [2.45, 2.75) is 33.3 Å². The van der Waals surface area contributed by atoms with Gasteiger partial charge in [0.25, 0.3) is 0 Å². The number of ether oxygens (including phenoxy) is 1. The lowest BCUT2D eigenvalue weighted by atomic mass is 10.0. The van der Waals surface area contributed by atoms with Crippen LogP contribution >= 0.6 is 22.9 Å². The molecule has 0 saturated heterocycles. The zero-order valence-electron chi connectivity index (χ0n) is 12.0. The van der Waals surface area contributed by atoms with E-state index in [1.54, 1.807) is 0 Å². The van der Waals surface area contributed by atoms with Crippen LogP contribution in [0.4, 0.5) is 5.13 Å². The second-order valence-corrected chi connectivity index (χ2v) is 6.30. The molecular weight excluding hydrogens is 294 g/mol. The highest BCUT2D eigenvalue weighted by atomic mass is 35.5. The van der Waals surface area contributed by atoms with Crippen LogP contribution in [0.3, 0.4) is 0 Å². The first kappa shape index (κ1) is 15.1. The van der Waals surface area contributed by atoms with E-state index in [2.05, 4.69) is 29.4 Å². The third-order valence-corrected chi connectivity index (χ3v) is 4.19. The fraction of sp³-hybridized carbons (Fsp3) is 0.429. The number of nitrogens with zero attached hydrogens (tertiary/aromatic N) is 2. The van der Waals surface area contributed by atoms with Gasteiger partial charge in [0.05, 0.1) is 0 Å². The van der Waals surface area contributed by atoms with E-state index in [1.807, 2.05) is 26.1 Å². The van der Waals surface area contributed by atoms with E-state index in [1.165, 1.54) is 11.3 Å². The maximum atomic E-state index is 6.25. The number of rotatable bonds is 5. The molecule has 2 rings (SSSR count). The van der Waals surface area contributed by atoms with Gasteiger partial charge in [-0.25, -0.2) is 0 Å². The molecule has 0 bridgehead atoms. The number of aryl methyl sites for hydroxylation is 1. The molecule has 0 aliphatic rings. The van der Waals surface area contributed by atoms with Crippen LogP contribution < -0.4 is 10.1 Å². The third kappa shape index (κ3) is 3.41. The molecule has 1 aromatic heterocycles. The highest BCUT2D eigenvalue weighted by Crippen LogP contribution is 2.32. The molecule has 4 nitrogen and oxygen atoms in total. The Balaban J connectivity index is 2.14. The van der Waals surface area contributed by atoms with Gasteiger partial charge in [0, 0.05) is 12.1 Å². The summed E-state index contributed by atoms with van der Waals surface area (Å²) in [6, 6.07) is 3.97. The quantitative estimate of drug-likeness (QED) is 0.897. The second-order valence-electron chi connectivity index (χ2n) is 4.83. The van der Waals surface area contributed by atoms with Gasteiger partial charge in [-0.15, -0.1) is 10.2 Å². The number of nitrogens with one attached hydrogen (secondary N) is 1. The minimum Gasteiger partial charge on any atom is -0.486 e. The Kier molecular flexibility index (Phi) is 4.83. The van der Waals surface area contributed by atoms with Gasteiger partial charge in [-0.1, -0.05) is 36.8 Å². The maximum Gasteiger partial charge on any atom is 0.205 e. The smallest absolute Gasteiger partial charge is 0.205 e. The Morgan fingerprint density at radius 3 is 2.70 bits per heavy atom. The molecular formula is C14H18ClN3OS. The third-order valence-electron chi connectivity index (χ3n) is 2.95. The molecule has 1 N–H and O–H groups in total. The molecule has 0 fully saturated rings. The van der Waals surface area contributed by atoms with Gasteiger partial charge in [0.15, 0.2) is 5.01 Å². The summed E-state index contributed by atoms with van der Waals surface area (Å²) in [5.74, 6) is 1.21. The zero-order valence-corrected chi connectivity index (χ0v) is 13.6. The summed E-state index contributed by atoms with van der Waals surface area (Å²) >= 11 is 7.74. The van der Waals surface area contributed by atoms with Crippen molar-refractivity contribution in [1.29, 1.82) is 0 Å². The Labute approximate surface area is 128 Å². The van der Waals surface area contributed by atoms with Gasteiger partial charge in [0.2, 0.25) is 5.13 Å². The van der Waals surface area contributed by atoms with Crippen LogP contribution in [0.5, 0.6) is 5.75 Å². The number of hydrogen-bond donors (Lipinski definition) is 1. The number of halogens is 1. The van der Waals surface area contributed by atoms with E-state index >= 15 is 0 Å². The summed E-state index contributed by atoms with van der Waals surface area (Å²) in [4.78, 5) is 0. The Morgan fingerprint density at radius 1 is 1.35 bits per heavy atom. The van der Waals surface area contributed by atoms with Crippen LogP contribution in [0.25, 0.3) is 0 Å². The predicted molar refractivity (Wildman–Crippen MR) is 84.1 cm³/mol. The van der Waals surface area contributed by atoms with E-state index in [0.717, 1.165) is 32.0 Å². The molecule has 0 unspecified atom stereocenters. The highest BCUT2D eigenvalue weighted by molar-refractivity contribution is 7.15. The standard InChI is InChI=1S/C14H18ClN3OS/c1-8(2)10-6-12(9(3)5-11(10)15)19-7-13-17-18-14(16-4)20-13/h5-6,8H,7H2,1-4H3,(H,16,18). The first-order valence-electron chi connectivity index (χ1n) is 6.44. The van der Waals surface area contributed by atoms with Crippen LogP contribution in [-0.4, -0.2) is 17.2 Å². The summed E-state index contributed by atoms with van der Waals surface area (Å²) in [7, 11) is 1.82. The van der Waals surface area contributed by atoms with Crippen LogP contribution in [0.1, 0.15) is 35.9 Å². The van der Waals surface area contributed by atoms with Crippen molar-refractivity contribution in [3.05, 3.63) is 33.3 Å². The first-order valence-corrected chi connectivity index (χ1v) is 7.63. The van der Waals surface area contributed by atoms with Gasteiger partial charge < -0.3 is 10.1 Å². The van der Waals surface area contributed by atoms with Crippen molar-refractivity contribution in [3.8, 4) is 5.75 Å². The summed E-state index contributed by atoms with van der Waals surface area (Å²) in [5.41, 5.74) is 2.12. The number of aromatic nitrogens is 2. The minimum absolute atomic E-state index is 0.364. The highest BCUT2D eigenvalue weighted by Gasteiger charge is 2.11. The van der Waals surface area contributed by atoms with Gasteiger partial charge >= 0.3 is 0 Å². The van der Waals surface area contributed by atoms with Crippen molar-refractivity contribution in [3.63, 3.8) is 0 Å². The summed E-state index contributed by atoms with van der Waals surface area (Å²) in [6.45, 7) is 6.64. The van der Waals surface area contributed by atoms with E-state index in [9.17, 15) is 0 Å². The number of hydrogen-bond acceptors (Lipinski definition) is 5. The summed E-state index contributed by atoms with van der Waals surface area (Å²) in [6.07, 6.45) is 0. The molecule has 0 aliphatic heterocycles. The van der Waals surface area contributed by atoms with Gasteiger partial charge in [-0.2, -0.15) is 0 Å². The fourth-order valence-corrected chi connectivity index (χ4v) is 2.86. The Hall–Kier alpha value is -1.33. The SMILES string of the molecule is CNc1nnc(COc2cc(C(C)C)c(Cl)cc2C)s1. The Morgan fingerprint density at radius 2 is 2.10 bits per heavy atom. The van der Waals surface area contributed by atoms with Crippen molar-refractivity contribution in [2.75, 3.05) is 12.4 Å². The maximum absolute atomic E-state index is 6.25. The molecule has 1 heterocycles. The average molecular weight is 312 g/mol. The summed E-state index contributed by atoms with van der Waals surface area (Å²) in [5, 5.41) is 13.4. The average Bonchev–Trinajstić information content (AvgIpc) is 2.85. The fourth-order valence-electron chi connectivity index (χ4n) is 1.82. The van der Waals surface area contributed by atoms with Crippen LogP contribution in [0.15, 0.2) is 12.1 Å². The normalized spacial score (nSPS) is 10.9. The van der Waals surface area contributed by atoms with Crippen LogP contribution in [-0.2, 0) is 6.61 Å². The molecule has 1 aromatic carbocycles. The molecule has 108 valence electrons. The van der Waals surface area contributed by atoms with E-state index in [-0.39, 0.29) is 0 Å². The minimum atomic E-state index is 0.364. The predicted octanol–water partition coefficient (Wildman–Crippen LogP) is 4.24. The van der Waals surface area contributed by atoms with E-state index in [4.69, 9.17) is 16.3 Å². The van der Waals surface area contributed by atoms with E-state index < -0.39 is 0 Å². The van der Waals surface area contributed by atoms with Crippen molar-refractivity contribution in [1.82, 2.24) is 10.2 Å². The second kappa shape index (κ2) is 6.41. The molecule has 0 spiro atoms. The summed E-state index contributed by atoms with van der Waals surface area (Å²) < 4.78 is 5.85. The molecule has 20 heavy (non-hydrogen) atoms.